The van der Waals surface area contributed by atoms with Gasteiger partial charge >= 0.3 is 6.09 Å². The van der Waals surface area contributed by atoms with Gasteiger partial charge in [0.15, 0.2) is 5.78 Å². The van der Waals surface area contributed by atoms with E-state index in [2.05, 4.69) is 16.0 Å². The second kappa shape index (κ2) is 14.3. The number of Topliss-reactive ketones (excluding diaryl/α,β-unsaturated/α-hetero) is 1. The second-order valence-corrected chi connectivity index (χ2v) is 12.2. The Balaban J connectivity index is 1.40. The molecule has 1 aromatic carbocycles. The minimum absolute atomic E-state index is 0.00563. The molecular formula is C30H42ClN3O6. The van der Waals surface area contributed by atoms with Crippen LogP contribution in [0.2, 0.25) is 5.02 Å². The molecule has 2 aliphatic carbocycles. The van der Waals surface area contributed by atoms with Gasteiger partial charge in [0.05, 0.1) is 6.04 Å². The predicted molar refractivity (Wildman–Crippen MR) is 150 cm³/mol. The Morgan fingerprint density at radius 3 is 2.45 bits per heavy atom. The third-order valence-electron chi connectivity index (χ3n) is 8.75. The number of aliphatic hydroxyl groups excluding tert-OH is 1. The van der Waals surface area contributed by atoms with Crippen LogP contribution in [0.25, 0.3) is 0 Å². The van der Waals surface area contributed by atoms with Gasteiger partial charge in [-0.25, -0.2) is 4.79 Å². The normalized spacial score (nSPS) is 22.2. The lowest BCUT2D eigenvalue weighted by Gasteiger charge is -2.33. The summed E-state index contributed by atoms with van der Waals surface area (Å²) in [6.45, 7) is -0.749. The number of ether oxygens (including phenoxy) is 1. The zero-order valence-electron chi connectivity index (χ0n) is 23.1. The monoisotopic (exact) mass is 575 g/mol. The Morgan fingerprint density at radius 1 is 1.02 bits per heavy atom. The van der Waals surface area contributed by atoms with E-state index >= 15 is 0 Å². The summed E-state index contributed by atoms with van der Waals surface area (Å²) in [5, 5.41) is 18.8. The first-order chi connectivity index (χ1) is 19.3. The first kappa shape index (κ1) is 30.3. The lowest BCUT2D eigenvalue weighted by molar-refractivity contribution is -0.131. The quantitative estimate of drug-likeness (QED) is 0.313. The molecule has 1 saturated heterocycles. The molecule has 3 aliphatic rings. The Labute approximate surface area is 241 Å². The lowest BCUT2D eigenvalue weighted by Crippen LogP contribution is -2.53. The highest BCUT2D eigenvalue weighted by molar-refractivity contribution is 6.30. The van der Waals surface area contributed by atoms with Crippen LogP contribution in [0.3, 0.4) is 0 Å². The number of amides is 3. The van der Waals surface area contributed by atoms with Gasteiger partial charge in [0.1, 0.15) is 19.3 Å². The summed E-state index contributed by atoms with van der Waals surface area (Å²) >= 11 is 6.01. The van der Waals surface area contributed by atoms with Crippen molar-refractivity contribution in [1.29, 1.82) is 0 Å². The van der Waals surface area contributed by atoms with Crippen LogP contribution in [0.4, 0.5) is 4.79 Å². The summed E-state index contributed by atoms with van der Waals surface area (Å²) in [4.78, 5) is 51.8. The number of ketones is 1. The molecule has 1 spiro atoms. The van der Waals surface area contributed by atoms with Gasteiger partial charge in [0, 0.05) is 16.5 Å². The van der Waals surface area contributed by atoms with E-state index in [-0.39, 0.29) is 30.4 Å². The highest BCUT2D eigenvalue weighted by atomic mass is 35.5. The van der Waals surface area contributed by atoms with Gasteiger partial charge in [0.25, 0.3) is 0 Å². The topological polar surface area (TPSA) is 134 Å². The standard InChI is InChI=1S/C30H42ClN3O6/c31-23-11-7-10-21(14-23)19-40-29(39)33-25(15-20-8-3-1-4-9-20)28(38)32-24(26(36)18-35)16-22-17-30(34-27(22)37)12-5-2-6-13-30/h7,10-11,14,20,22,24-25,35H,1-6,8-9,12-13,15-19H2,(H,32,38)(H,33,39)(H,34,37)/t22?,24?,25-/m0/s1. The van der Waals surface area contributed by atoms with Gasteiger partial charge in [-0.05, 0) is 55.7 Å². The molecule has 40 heavy (non-hydrogen) atoms. The molecule has 1 heterocycles. The van der Waals surface area contributed by atoms with Crippen molar-refractivity contribution in [3.05, 3.63) is 34.9 Å². The molecule has 1 aliphatic heterocycles. The molecule has 10 heteroatoms. The van der Waals surface area contributed by atoms with Gasteiger partial charge < -0.3 is 25.8 Å². The molecule has 9 nitrogen and oxygen atoms in total. The lowest BCUT2D eigenvalue weighted by atomic mass is 9.78. The predicted octanol–water partition coefficient (Wildman–Crippen LogP) is 4.18. The zero-order chi connectivity index (χ0) is 28.5. The molecule has 3 amide bonds. The van der Waals surface area contributed by atoms with E-state index in [1.165, 1.54) is 0 Å². The van der Waals surface area contributed by atoms with Crippen LogP contribution in [0.1, 0.15) is 89.0 Å². The summed E-state index contributed by atoms with van der Waals surface area (Å²) in [7, 11) is 0. The van der Waals surface area contributed by atoms with Crippen LogP contribution in [-0.2, 0) is 25.7 Å². The van der Waals surface area contributed by atoms with Crippen molar-refractivity contribution in [1.82, 2.24) is 16.0 Å². The molecule has 2 unspecified atom stereocenters. The van der Waals surface area contributed by atoms with Crippen LogP contribution < -0.4 is 16.0 Å². The maximum absolute atomic E-state index is 13.5. The van der Waals surface area contributed by atoms with Crippen LogP contribution in [-0.4, -0.2) is 53.0 Å². The summed E-state index contributed by atoms with van der Waals surface area (Å²) in [5.74, 6) is -1.33. The molecule has 4 rings (SSSR count). The van der Waals surface area contributed by atoms with Crippen molar-refractivity contribution in [2.45, 2.75) is 108 Å². The fourth-order valence-electron chi connectivity index (χ4n) is 6.61. The zero-order valence-corrected chi connectivity index (χ0v) is 23.8. The van der Waals surface area contributed by atoms with Gasteiger partial charge in [-0.2, -0.15) is 0 Å². The molecule has 3 atom stereocenters. The number of hydrogen-bond donors (Lipinski definition) is 4. The van der Waals surface area contributed by atoms with Crippen LogP contribution >= 0.6 is 11.6 Å². The number of nitrogens with one attached hydrogen (secondary N) is 3. The fraction of sp³-hybridized carbons (Fsp3) is 0.667. The SMILES string of the molecule is O=C(N[C@@H](CC1CCCCC1)C(=O)NC(CC1CC2(CCCCC2)NC1=O)C(=O)CO)OCc1cccc(Cl)c1. The minimum atomic E-state index is -1.02. The molecule has 1 aromatic rings. The average Bonchev–Trinajstić information content (AvgIpc) is 3.24. The van der Waals surface area contributed by atoms with Crippen molar-refractivity contribution in [2.75, 3.05) is 6.61 Å². The molecule has 0 radical (unpaired) electrons. The van der Waals surface area contributed by atoms with Crippen LogP contribution in [0.5, 0.6) is 0 Å². The van der Waals surface area contributed by atoms with Crippen LogP contribution in [0, 0.1) is 11.8 Å². The number of carbonyl (C=O) groups is 4. The highest BCUT2D eigenvalue weighted by Crippen LogP contribution is 2.39. The third-order valence-corrected chi connectivity index (χ3v) is 8.98. The van der Waals surface area contributed by atoms with Crippen molar-refractivity contribution in [3.8, 4) is 0 Å². The summed E-state index contributed by atoms with van der Waals surface area (Å²) < 4.78 is 5.36. The molecule has 4 N–H and O–H groups in total. The van der Waals surface area contributed by atoms with E-state index in [0.717, 1.165) is 69.8 Å². The van der Waals surface area contributed by atoms with E-state index < -0.39 is 42.4 Å². The van der Waals surface area contributed by atoms with Gasteiger partial charge in [-0.3, -0.25) is 14.4 Å². The molecule has 2 saturated carbocycles. The van der Waals surface area contributed by atoms with Crippen LogP contribution in [0.15, 0.2) is 24.3 Å². The second-order valence-electron chi connectivity index (χ2n) is 11.8. The van der Waals surface area contributed by atoms with Crippen molar-refractivity contribution in [3.63, 3.8) is 0 Å². The Hall–Kier alpha value is -2.65. The number of carbonyl (C=O) groups excluding carboxylic acids is 4. The smallest absolute Gasteiger partial charge is 0.408 e. The first-order valence-corrected chi connectivity index (χ1v) is 15.1. The number of halogens is 1. The third kappa shape index (κ3) is 8.43. The van der Waals surface area contributed by atoms with Crippen molar-refractivity contribution >= 4 is 35.3 Å². The van der Waals surface area contributed by atoms with E-state index in [9.17, 15) is 24.3 Å². The maximum Gasteiger partial charge on any atom is 0.408 e. The minimum Gasteiger partial charge on any atom is -0.445 e. The number of aliphatic hydroxyl groups is 1. The number of hydrogen-bond acceptors (Lipinski definition) is 6. The van der Waals surface area contributed by atoms with Gasteiger partial charge in [-0.15, -0.1) is 0 Å². The van der Waals surface area contributed by atoms with Gasteiger partial charge in [0.2, 0.25) is 11.8 Å². The van der Waals surface area contributed by atoms with E-state index in [0.29, 0.717) is 17.9 Å². The molecule has 220 valence electrons. The maximum atomic E-state index is 13.5. The van der Waals surface area contributed by atoms with Crippen molar-refractivity contribution < 1.29 is 29.0 Å². The van der Waals surface area contributed by atoms with E-state index in [1.54, 1.807) is 24.3 Å². The van der Waals surface area contributed by atoms with Crippen molar-refractivity contribution in [2.24, 2.45) is 11.8 Å². The Bertz CT molecular complexity index is 1050. The highest BCUT2D eigenvalue weighted by Gasteiger charge is 2.45. The fourth-order valence-corrected chi connectivity index (χ4v) is 6.82. The molecule has 0 bridgehead atoms. The van der Waals surface area contributed by atoms with E-state index in [1.807, 2.05) is 0 Å². The van der Waals surface area contributed by atoms with E-state index in [4.69, 9.17) is 16.3 Å². The Morgan fingerprint density at radius 2 is 1.75 bits per heavy atom. The summed E-state index contributed by atoms with van der Waals surface area (Å²) in [5.41, 5.74) is 0.490. The molecular weight excluding hydrogens is 534 g/mol. The Kier molecular flexibility index (Phi) is 10.8. The molecule has 0 aromatic heterocycles. The summed E-state index contributed by atoms with van der Waals surface area (Å²) in [6.07, 6.45) is 10.8. The number of rotatable bonds is 11. The number of benzene rings is 1. The first-order valence-electron chi connectivity index (χ1n) is 14.7. The van der Waals surface area contributed by atoms with Gasteiger partial charge in [-0.1, -0.05) is 75.1 Å². The molecule has 3 fully saturated rings. The number of alkyl carbamates (subject to hydrolysis) is 1. The summed E-state index contributed by atoms with van der Waals surface area (Å²) in [6, 6.07) is 5.04. The average molecular weight is 576 g/mol. The largest absolute Gasteiger partial charge is 0.445 e.